The van der Waals surface area contributed by atoms with Gasteiger partial charge in [0.2, 0.25) is 0 Å². The molecule has 0 fully saturated rings. The first-order chi connectivity index (χ1) is 13.5. The lowest BCUT2D eigenvalue weighted by atomic mass is 10.0. The van der Waals surface area contributed by atoms with Crippen molar-refractivity contribution < 1.29 is 9.53 Å². The topological polar surface area (TPSA) is 58.2 Å². The molecular formula is C22H22ClN3O2. The number of carbonyl (C=O) groups excluding carboxylic acids is 1. The summed E-state index contributed by atoms with van der Waals surface area (Å²) in [6.45, 7) is 5.26. The van der Waals surface area contributed by atoms with E-state index in [1.807, 2.05) is 55.1 Å². The van der Waals surface area contributed by atoms with E-state index in [9.17, 15) is 4.79 Å². The van der Waals surface area contributed by atoms with Crippen LogP contribution in [0.4, 0.5) is 0 Å². The van der Waals surface area contributed by atoms with Gasteiger partial charge in [0.05, 0.1) is 5.69 Å². The number of nitrogens with zero attached hydrogens (tertiary/aromatic N) is 2. The number of ether oxygens (including phenoxy) is 1. The van der Waals surface area contributed by atoms with Crippen molar-refractivity contribution in [1.82, 2.24) is 15.1 Å². The van der Waals surface area contributed by atoms with E-state index in [4.69, 9.17) is 16.3 Å². The van der Waals surface area contributed by atoms with Crippen LogP contribution in [0, 0.1) is 13.8 Å². The number of aromatic nitrogens is 2. The molecule has 5 nitrogen and oxygen atoms in total. The van der Waals surface area contributed by atoms with Crippen LogP contribution in [0.1, 0.15) is 22.4 Å². The van der Waals surface area contributed by atoms with Crippen LogP contribution in [-0.4, -0.2) is 34.2 Å². The third-order valence-corrected chi connectivity index (χ3v) is 5.21. The van der Waals surface area contributed by atoms with Gasteiger partial charge in [-0.3, -0.25) is 9.89 Å². The molecule has 0 atom stereocenters. The molecule has 0 saturated heterocycles. The third kappa shape index (κ3) is 3.90. The minimum absolute atomic E-state index is 0.0203. The van der Waals surface area contributed by atoms with Gasteiger partial charge in [0.15, 0.2) is 6.61 Å². The molecule has 0 aliphatic carbocycles. The summed E-state index contributed by atoms with van der Waals surface area (Å²) in [5.74, 6) is 0.710. The molecule has 144 valence electrons. The highest BCUT2D eigenvalue weighted by Crippen LogP contribution is 2.29. The Balaban J connectivity index is 1.46. The summed E-state index contributed by atoms with van der Waals surface area (Å²) in [5.41, 5.74) is 6.26. The van der Waals surface area contributed by atoms with Gasteiger partial charge in [-0.15, -0.1) is 0 Å². The van der Waals surface area contributed by atoms with E-state index >= 15 is 0 Å². The fourth-order valence-corrected chi connectivity index (χ4v) is 3.73. The molecule has 0 bridgehead atoms. The van der Waals surface area contributed by atoms with Gasteiger partial charge < -0.3 is 9.64 Å². The summed E-state index contributed by atoms with van der Waals surface area (Å²) in [6, 6.07) is 13.6. The number of benzene rings is 2. The number of aromatic amines is 1. The zero-order valence-electron chi connectivity index (χ0n) is 16.0. The number of fused-ring (bicyclic) bond motifs is 1. The van der Waals surface area contributed by atoms with Gasteiger partial charge >= 0.3 is 0 Å². The number of amides is 1. The van der Waals surface area contributed by atoms with Crippen LogP contribution in [0.3, 0.4) is 0 Å². The summed E-state index contributed by atoms with van der Waals surface area (Å²) < 4.78 is 5.75. The average molecular weight is 396 g/mol. The number of hydrogen-bond acceptors (Lipinski definition) is 3. The summed E-state index contributed by atoms with van der Waals surface area (Å²) in [4.78, 5) is 14.6. The number of carbonyl (C=O) groups is 1. The maximum atomic E-state index is 12.7. The quantitative estimate of drug-likeness (QED) is 0.716. The molecule has 2 aromatic carbocycles. The standard InChI is InChI=1S/C22H22ClN3O2/c1-14-9-15(2)11-18(10-14)28-13-21(27)26-8-7-20-19(12-26)22(25-24-20)16-3-5-17(23)6-4-16/h3-6,9-11H,7-8,12-13H2,1-2H3,(H,24,25). The second-order valence-electron chi connectivity index (χ2n) is 7.21. The average Bonchev–Trinajstić information content (AvgIpc) is 3.09. The molecule has 0 spiro atoms. The Labute approximate surface area is 169 Å². The molecule has 28 heavy (non-hydrogen) atoms. The van der Waals surface area contributed by atoms with Gasteiger partial charge in [-0.25, -0.2) is 0 Å². The number of H-pyrrole nitrogens is 1. The van der Waals surface area contributed by atoms with E-state index in [-0.39, 0.29) is 12.5 Å². The van der Waals surface area contributed by atoms with Crippen molar-refractivity contribution in [2.24, 2.45) is 0 Å². The van der Waals surface area contributed by atoms with Crippen molar-refractivity contribution in [2.45, 2.75) is 26.8 Å². The molecule has 1 aromatic heterocycles. The normalized spacial score (nSPS) is 13.3. The van der Waals surface area contributed by atoms with Crippen molar-refractivity contribution in [2.75, 3.05) is 13.2 Å². The van der Waals surface area contributed by atoms with Gasteiger partial charge in [0.1, 0.15) is 5.75 Å². The monoisotopic (exact) mass is 395 g/mol. The largest absolute Gasteiger partial charge is 0.484 e. The summed E-state index contributed by atoms with van der Waals surface area (Å²) >= 11 is 5.99. The third-order valence-electron chi connectivity index (χ3n) is 4.96. The molecule has 0 saturated carbocycles. The Hall–Kier alpha value is -2.79. The van der Waals surface area contributed by atoms with Crippen molar-refractivity contribution in [3.63, 3.8) is 0 Å². The van der Waals surface area contributed by atoms with Crippen LogP contribution in [0.2, 0.25) is 5.02 Å². The molecule has 1 aliphatic heterocycles. The number of rotatable bonds is 4. The Bertz CT molecular complexity index is 991. The first kappa shape index (κ1) is 18.6. The maximum Gasteiger partial charge on any atom is 0.260 e. The molecule has 0 radical (unpaired) electrons. The van der Waals surface area contributed by atoms with Crippen LogP contribution in [0.5, 0.6) is 5.75 Å². The zero-order chi connectivity index (χ0) is 19.7. The molecule has 2 heterocycles. The van der Waals surface area contributed by atoms with Gasteiger partial charge in [-0.2, -0.15) is 5.10 Å². The minimum atomic E-state index is -0.0203. The van der Waals surface area contributed by atoms with Gasteiger partial charge in [-0.1, -0.05) is 29.8 Å². The predicted molar refractivity (Wildman–Crippen MR) is 110 cm³/mol. The number of hydrogen-bond donors (Lipinski definition) is 1. The van der Waals surface area contributed by atoms with Gasteiger partial charge in [0.25, 0.3) is 5.91 Å². The van der Waals surface area contributed by atoms with E-state index in [1.54, 1.807) is 0 Å². The highest BCUT2D eigenvalue weighted by molar-refractivity contribution is 6.30. The van der Waals surface area contributed by atoms with E-state index in [1.165, 1.54) is 0 Å². The van der Waals surface area contributed by atoms with Crippen LogP contribution >= 0.6 is 11.6 Å². The first-order valence-electron chi connectivity index (χ1n) is 9.30. The molecule has 1 N–H and O–H groups in total. The fraction of sp³-hybridized carbons (Fsp3) is 0.273. The van der Waals surface area contributed by atoms with Crippen LogP contribution in [-0.2, 0) is 17.8 Å². The SMILES string of the molecule is Cc1cc(C)cc(OCC(=O)N2CCc3[nH]nc(-c4ccc(Cl)cc4)c3C2)c1. The van der Waals surface area contributed by atoms with Crippen molar-refractivity contribution >= 4 is 17.5 Å². The minimum Gasteiger partial charge on any atom is -0.484 e. The second-order valence-corrected chi connectivity index (χ2v) is 7.65. The van der Waals surface area contributed by atoms with E-state index < -0.39 is 0 Å². The first-order valence-corrected chi connectivity index (χ1v) is 9.68. The Morgan fingerprint density at radius 3 is 2.61 bits per heavy atom. The Kier molecular flexibility index (Phi) is 5.09. The van der Waals surface area contributed by atoms with Gasteiger partial charge in [-0.05, 0) is 49.2 Å². The lowest BCUT2D eigenvalue weighted by Gasteiger charge is -2.27. The molecule has 6 heteroatoms. The summed E-state index contributed by atoms with van der Waals surface area (Å²) in [5, 5.41) is 8.27. The molecule has 0 unspecified atom stereocenters. The summed E-state index contributed by atoms with van der Waals surface area (Å²) in [6.07, 6.45) is 0.755. The Morgan fingerprint density at radius 1 is 1.18 bits per heavy atom. The second kappa shape index (κ2) is 7.68. The van der Waals surface area contributed by atoms with E-state index in [0.29, 0.717) is 18.1 Å². The fourth-order valence-electron chi connectivity index (χ4n) is 3.61. The molecular weight excluding hydrogens is 374 g/mol. The van der Waals surface area contributed by atoms with Crippen LogP contribution in [0.15, 0.2) is 42.5 Å². The lowest BCUT2D eigenvalue weighted by Crippen LogP contribution is -2.38. The maximum absolute atomic E-state index is 12.7. The highest BCUT2D eigenvalue weighted by atomic mass is 35.5. The Morgan fingerprint density at radius 2 is 1.89 bits per heavy atom. The predicted octanol–water partition coefficient (Wildman–Crippen LogP) is 4.31. The number of aryl methyl sites for hydroxylation is 2. The molecule has 1 aliphatic rings. The molecule has 3 aromatic rings. The number of nitrogens with one attached hydrogen (secondary N) is 1. The summed E-state index contributed by atoms with van der Waals surface area (Å²) in [7, 11) is 0. The lowest BCUT2D eigenvalue weighted by molar-refractivity contribution is -0.134. The van der Waals surface area contributed by atoms with Crippen molar-refractivity contribution in [3.05, 3.63) is 69.9 Å². The van der Waals surface area contributed by atoms with E-state index in [2.05, 4.69) is 16.3 Å². The van der Waals surface area contributed by atoms with Gasteiger partial charge in [0, 0.05) is 41.4 Å². The molecule has 1 amide bonds. The van der Waals surface area contributed by atoms with Crippen LogP contribution in [0.25, 0.3) is 11.3 Å². The smallest absolute Gasteiger partial charge is 0.260 e. The molecule has 4 rings (SSSR count). The highest BCUT2D eigenvalue weighted by Gasteiger charge is 2.26. The van der Waals surface area contributed by atoms with E-state index in [0.717, 1.165) is 45.8 Å². The van der Waals surface area contributed by atoms with Crippen molar-refractivity contribution in [1.29, 1.82) is 0 Å². The number of halogens is 1. The zero-order valence-corrected chi connectivity index (χ0v) is 16.7. The van der Waals surface area contributed by atoms with Crippen LogP contribution < -0.4 is 4.74 Å². The van der Waals surface area contributed by atoms with Crippen molar-refractivity contribution in [3.8, 4) is 17.0 Å².